The Morgan fingerprint density at radius 1 is 1.17 bits per heavy atom. The molecule has 126 valence electrons. The highest BCUT2D eigenvalue weighted by atomic mass is 79.9. The van der Waals surface area contributed by atoms with Gasteiger partial charge in [-0.15, -0.1) is 11.3 Å². The first kappa shape index (κ1) is 17.2. The second-order valence-electron chi connectivity index (χ2n) is 5.43. The number of hydrogen-bond donors (Lipinski definition) is 0. The third kappa shape index (κ3) is 3.40. The molecule has 3 aromatic rings. The molecule has 0 aliphatic rings. The van der Waals surface area contributed by atoms with Gasteiger partial charge in [-0.1, -0.05) is 13.8 Å². The first-order valence-corrected chi connectivity index (χ1v) is 10.1. The molecule has 0 unspecified atom stereocenters. The van der Waals surface area contributed by atoms with Crippen molar-refractivity contribution >= 4 is 48.4 Å². The zero-order valence-electron chi connectivity index (χ0n) is 12.8. The monoisotopic (exact) mass is 428 g/mol. The van der Waals surface area contributed by atoms with Crippen LogP contribution in [0, 0.1) is 0 Å². The second-order valence-corrected chi connectivity index (χ2v) is 9.67. The van der Waals surface area contributed by atoms with Crippen LogP contribution in [0.25, 0.3) is 11.0 Å². The zero-order chi connectivity index (χ0) is 17.5. The third-order valence-electron chi connectivity index (χ3n) is 3.37. The number of halogens is 1. The van der Waals surface area contributed by atoms with Crippen LogP contribution in [0.5, 0.6) is 5.75 Å². The molecule has 0 bridgehead atoms. The Bertz CT molecular complexity index is 1060. The second kappa shape index (κ2) is 6.34. The lowest BCUT2D eigenvalue weighted by molar-refractivity contribution is 0.487. The van der Waals surface area contributed by atoms with Gasteiger partial charge in [0.2, 0.25) is 0 Å². The summed E-state index contributed by atoms with van der Waals surface area (Å²) in [6, 6.07) is 9.21. The number of thiophene rings is 1. The highest BCUT2D eigenvalue weighted by molar-refractivity contribution is 9.11. The van der Waals surface area contributed by atoms with Gasteiger partial charge in [0.25, 0.3) is 0 Å². The van der Waals surface area contributed by atoms with Crippen LogP contribution < -0.4 is 9.81 Å². The van der Waals surface area contributed by atoms with Crippen molar-refractivity contribution in [2.24, 2.45) is 0 Å². The first-order chi connectivity index (χ1) is 11.3. The van der Waals surface area contributed by atoms with Crippen molar-refractivity contribution < 1.29 is 17.0 Å². The van der Waals surface area contributed by atoms with Gasteiger partial charge in [0.05, 0.1) is 3.79 Å². The molecule has 0 atom stereocenters. The van der Waals surface area contributed by atoms with E-state index in [0.29, 0.717) is 9.37 Å². The average molecular weight is 429 g/mol. The topological polar surface area (TPSA) is 73.6 Å². The minimum absolute atomic E-state index is 0.0897. The Hall–Kier alpha value is -1.64. The van der Waals surface area contributed by atoms with Crippen molar-refractivity contribution in [2.75, 3.05) is 0 Å². The lowest BCUT2D eigenvalue weighted by Crippen LogP contribution is -2.08. The molecular weight excluding hydrogens is 416 g/mol. The van der Waals surface area contributed by atoms with Gasteiger partial charge in [-0.2, -0.15) is 8.42 Å². The van der Waals surface area contributed by atoms with E-state index < -0.39 is 15.7 Å². The lowest BCUT2D eigenvalue weighted by Gasteiger charge is -2.10. The Labute approximate surface area is 151 Å². The van der Waals surface area contributed by atoms with Crippen LogP contribution in [-0.2, 0) is 10.1 Å². The summed E-state index contributed by atoms with van der Waals surface area (Å²) >= 11 is 4.28. The number of rotatable bonds is 4. The van der Waals surface area contributed by atoms with E-state index in [1.807, 2.05) is 13.8 Å². The zero-order valence-corrected chi connectivity index (χ0v) is 16.0. The molecule has 0 fully saturated rings. The minimum Gasteiger partial charge on any atom is -0.423 e. The predicted octanol–water partition coefficient (Wildman–Crippen LogP) is 4.51. The molecule has 5 nitrogen and oxygen atoms in total. The Balaban J connectivity index is 2.04. The number of benzene rings is 1. The molecular formula is C16H13BrO5S2. The maximum absolute atomic E-state index is 12.3. The van der Waals surface area contributed by atoms with E-state index in [9.17, 15) is 13.2 Å². The van der Waals surface area contributed by atoms with Crippen LogP contribution in [-0.4, -0.2) is 8.42 Å². The smallest absolute Gasteiger partial charge is 0.348 e. The van der Waals surface area contributed by atoms with Crippen LogP contribution >= 0.6 is 27.3 Å². The van der Waals surface area contributed by atoms with Gasteiger partial charge < -0.3 is 8.60 Å². The maximum atomic E-state index is 12.3. The average Bonchev–Trinajstić information content (AvgIpc) is 2.93. The van der Waals surface area contributed by atoms with Crippen molar-refractivity contribution in [3.63, 3.8) is 0 Å². The summed E-state index contributed by atoms with van der Waals surface area (Å²) in [4.78, 5) is 11.7. The van der Waals surface area contributed by atoms with Gasteiger partial charge in [-0.25, -0.2) is 4.79 Å². The van der Waals surface area contributed by atoms with Gasteiger partial charge in [-0.05, 0) is 51.7 Å². The summed E-state index contributed by atoms with van der Waals surface area (Å²) in [5, 5.41) is 0.758. The van der Waals surface area contributed by atoms with Crippen LogP contribution in [0.1, 0.15) is 25.3 Å². The van der Waals surface area contributed by atoms with Crippen LogP contribution in [0.15, 0.2) is 53.6 Å². The lowest BCUT2D eigenvalue weighted by atomic mass is 10.00. The fraction of sp³-hybridized carbons (Fsp3) is 0.188. The molecule has 0 spiro atoms. The van der Waals surface area contributed by atoms with Gasteiger partial charge >= 0.3 is 15.7 Å². The van der Waals surface area contributed by atoms with Crippen molar-refractivity contribution in [3.8, 4) is 5.75 Å². The number of fused-ring (bicyclic) bond motifs is 1. The molecule has 0 aliphatic heterocycles. The van der Waals surface area contributed by atoms with E-state index >= 15 is 0 Å². The summed E-state index contributed by atoms with van der Waals surface area (Å²) in [7, 11) is -3.93. The minimum atomic E-state index is -3.93. The highest BCUT2D eigenvalue weighted by Crippen LogP contribution is 2.31. The normalized spacial score (nSPS) is 12.0. The molecule has 0 radical (unpaired) electrons. The highest BCUT2D eigenvalue weighted by Gasteiger charge is 2.20. The Morgan fingerprint density at radius 2 is 1.92 bits per heavy atom. The van der Waals surface area contributed by atoms with E-state index in [1.165, 1.54) is 18.2 Å². The summed E-state index contributed by atoms with van der Waals surface area (Å²) in [6.07, 6.45) is 0. The fourth-order valence-corrected chi connectivity index (χ4v) is 5.19. The quantitative estimate of drug-likeness (QED) is 0.451. The SMILES string of the molecule is CC(C)c1cc(=O)oc2cc(OS(=O)(=O)c3ccc(Br)s3)ccc12. The van der Waals surface area contributed by atoms with Crippen LogP contribution in [0.4, 0.5) is 0 Å². The third-order valence-corrected chi connectivity index (χ3v) is 6.69. The maximum Gasteiger partial charge on any atom is 0.348 e. The Morgan fingerprint density at radius 3 is 2.54 bits per heavy atom. The van der Waals surface area contributed by atoms with Crippen molar-refractivity contribution in [1.29, 1.82) is 0 Å². The molecule has 0 saturated heterocycles. The standard InChI is InChI=1S/C16H13BrO5S2/c1-9(2)12-8-15(18)21-13-7-10(3-4-11(12)13)22-24(19,20)16-6-5-14(17)23-16/h3-9H,1-2H3. The largest absolute Gasteiger partial charge is 0.423 e. The van der Waals surface area contributed by atoms with Crippen LogP contribution in [0.2, 0.25) is 0 Å². The van der Waals surface area contributed by atoms with Gasteiger partial charge in [0.15, 0.2) is 4.21 Å². The van der Waals surface area contributed by atoms with E-state index in [1.54, 1.807) is 18.2 Å². The van der Waals surface area contributed by atoms with E-state index in [2.05, 4.69) is 15.9 Å². The van der Waals surface area contributed by atoms with E-state index in [-0.39, 0.29) is 15.9 Å². The molecule has 1 aromatic carbocycles. The molecule has 0 amide bonds. The van der Waals surface area contributed by atoms with E-state index in [0.717, 1.165) is 22.3 Å². The van der Waals surface area contributed by atoms with Gasteiger partial charge in [-0.3, -0.25) is 0 Å². The first-order valence-electron chi connectivity index (χ1n) is 7.04. The molecule has 0 saturated carbocycles. The summed E-state index contributed by atoms with van der Waals surface area (Å²) < 4.78 is 35.6. The molecule has 24 heavy (non-hydrogen) atoms. The summed E-state index contributed by atoms with van der Waals surface area (Å²) in [5.41, 5.74) is 0.664. The molecule has 0 N–H and O–H groups in total. The predicted molar refractivity (Wildman–Crippen MR) is 96.4 cm³/mol. The molecule has 0 aliphatic carbocycles. The molecule has 2 heterocycles. The van der Waals surface area contributed by atoms with Crippen LogP contribution in [0.3, 0.4) is 0 Å². The summed E-state index contributed by atoms with van der Waals surface area (Å²) in [6.45, 7) is 3.94. The van der Waals surface area contributed by atoms with Gasteiger partial charge in [0.1, 0.15) is 11.3 Å². The van der Waals surface area contributed by atoms with Crippen molar-refractivity contribution in [1.82, 2.24) is 0 Å². The molecule has 8 heteroatoms. The summed E-state index contributed by atoms with van der Waals surface area (Å²) in [5.74, 6) is 0.228. The number of hydrogen-bond acceptors (Lipinski definition) is 6. The van der Waals surface area contributed by atoms with Crippen molar-refractivity contribution in [2.45, 2.75) is 24.0 Å². The van der Waals surface area contributed by atoms with E-state index in [4.69, 9.17) is 8.60 Å². The molecule has 2 aromatic heterocycles. The Kier molecular flexibility index (Phi) is 4.54. The van der Waals surface area contributed by atoms with Crippen molar-refractivity contribution in [3.05, 3.63) is 56.2 Å². The fourth-order valence-electron chi connectivity index (χ4n) is 2.30. The van der Waals surface area contributed by atoms with Gasteiger partial charge in [0, 0.05) is 17.5 Å². The molecule has 3 rings (SSSR count).